The zero-order valence-electron chi connectivity index (χ0n) is 21.1. The molecule has 2 aromatic carbocycles. The summed E-state index contributed by atoms with van der Waals surface area (Å²) >= 11 is 5.60. The van der Waals surface area contributed by atoms with Crippen molar-refractivity contribution in [2.24, 2.45) is 5.10 Å². The quantitative estimate of drug-likeness (QED) is 0.145. The highest BCUT2D eigenvalue weighted by molar-refractivity contribution is 9.10. The zero-order valence-corrected chi connectivity index (χ0v) is 25.2. The minimum atomic E-state index is -3.78. The number of thiazole rings is 1. The van der Waals surface area contributed by atoms with E-state index in [9.17, 15) is 23.3 Å². The Labute approximate surface area is 246 Å². The van der Waals surface area contributed by atoms with Gasteiger partial charge in [-0.3, -0.25) is 14.9 Å². The van der Waals surface area contributed by atoms with Crippen molar-refractivity contribution >= 4 is 81.1 Å². The standard InChI is InChI=1S/C25H22BrN5O6S3/c1-15-13-29(14-16(2)37-15)40(35,36)20-7-3-17(4-8-20)24(32)30(27-12-19-6-10-23(38-19)31(33)34)25-28-21-9-5-18(26)11-22(21)39-25/h3-12,15-16H,13-14H2,1-2H3/b27-12+. The molecule has 4 aromatic rings. The third kappa shape index (κ3) is 5.99. The molecule has 2 unspecified atom stereocenters. The predicted octanol–water partition coefficient (Wildman–Crippen LogP) is 5.51. The molecule has 0 spiro atoms. The van der Waals surface area contributed by atoms with E-state index in [-0.39, 0.29) is 45.9 Å². The van der Waals surface area contributed by atoms with Crippen molar-refractivity contribution in [2.45, 2.75) is 31.0 Å². The maximum Gasteiger partial charge on any atom is 0.324 e. The monoisotopic (exact) mass is 663 g/mol. The van der Waals surface area contributed by atoms with Crippen molar-refractivity contribution < 1.29 is 22.9 Å². The van der Waals surface area contributed by atoms with Gasteiger partial charge in [-0.2, -0.15) is 14.4 Å². The van der Waals surface area contributed by atoms with Gasteiger partial charge in [0.1, 0.15) is 0 Å². The van der Waals surface area contributed by atoms with Crippen LogP contribution in [0, 0.1) is 10.1 Å². The Morgan fingerprint density at radius 1 is 1.15 bits per heavy atom. The van der Waals surface area contributed by atoms with Gasteiger partial charge in [0.2, 0.25) is 15.2 Å². The summed E-state index contributed by atoms with van der Waals surface area (Å²) < 4.78 is 35.2. The van der Waals surface area contributed by atoms with Crippen LogP contribution in [0.3, 0.4) is 0 Å². The molecule has 15 heteroatoms. The molecule has 0 bridgehead atoms. The summed E-state index contributed by atoms with van der Waals surface area (Å²) in [5.41, 5.74) is 0.857. The van der Waals surface area contributed by atoms with Crippen LogP contribution in [0.15, 0.2) is 69.1 Å². The van der Waals surface area contributed by atoms with Crippen LogP contribution in [-0.2, 0) is 14.8 Å². The van der Waals surface area contributed by atoms with E-state index in [1.54, 1.807) is 6.07 Å². The molecular weight excluding hydrogens is 642 g/mol. The Morgan fingerprint density at radius 3 is 2.50 bits per heavy atom. The zero-order chi connectivity index (χ0) is 28.6. The lowest BCUT2D eigenvalue weighted by Gasteiger charge is -2.34. The lowest BCUT2D eigenvalue weighted by atomic mass is 10.2. The van der Waals surface area contributed by atoms with Gasteiger partial charge in [-0.1, -0.05) is 38.6 Å². The Kier molecular flexibility index (Phi) is 8.13. The van der Waals surface area contributed by atoms with Gasteiger partial charge in [-0.15, -0.1) is 0 Å². The first kappa shape index (κ1) is 28.4. The molecule has 0 N–H and O–H groups in total. The molecule has 0 radical (unpaired) electrons. The number of amides is 1. The topological polar surface area (TPSA) is 135 Å². The minimum absolute atomic E-state index is 0.0509. The summed E-state index contributed by atoms with van der Waals surface area (Å²) in [5.74, 6) is -0.544. The van der Waals surface area contributed by atoms with E-state index in [1.165, 1.54) is 58.3 Å². The van der Waals surface area contributed by atoms with Gasteiger partial charge in [0.05, 0.1) is 43.3 Å². The number of hydrogen-bond donors (Lipinski definition) is 0. The highest BCUT2D eigenvalue weighted by Crippen LogP contribution is 2.32. The lowest BCUT2D eigenvalue weighted by Crippen LogP contribution is -2.48. The number of carbonyl (C=O) groups is 1. The molecule has 2 aromatic heterocycles. The molecule has 2 atom stereocenters. The minimum Gasteiger partial charge on any atom is -0.373 e. The van der Waals surface area contributed by atoms with Crippen LogP contribution < -0.4 is 5.01 Å². The molecule has 40 heavy (non-hydrogen) atoms. The van der Waals surface area contributed by atoms with Crippen LogP contribution in [0.25, 0.3) is 10.2 Å². The fourth-order valence-electron chi connectivity index (χ4n) is 4.16. The summed E-state index contributed by atoms with van der Waals surface area (Å²) in [4.78, 5) is 29.3. The average molecular weight is 665 g/mol. The number of hydrazone groups is 1. The Bertz CT molecular complexity index is 1710. The molecule has 11 nitrogen and oxygen atoms in total. The maximum atomic E-state index is 13.7. The normalized spacial score (nSPS) is 18.4. The van der Waals surface area contributed by atoms with E-state index in [0.29, 0.717) is 10.4 Å². The van der Waals surface area contributed by atoms with Crippen LogP contribution in [0.1, 0.15) is 29.1 Å². The molecule has 1 amide bonds. The van der Waals surface area contributed by atoms with E-state index >= 15 is 0 Å². The number of thiophene rings is 1. The first-order valence-corrected chi connectivity index (χ1v) is 15.8. The molecule has 1 aliphatic rings. The number of nitro groups is 1. The summed E-state index contributed by atoms with van der Waals surface area (Å²) in [6.45, 7) is 4.13. The second kappa shape index (κ2) is 11.4. The van der Waals surface area contributed by atoms with Crippen LogP contribution in [-0.4, -0.2) is 60.0 Å². The van der Waals surface area contributed by atoms with Gasteiger partial charge >= 0.3 is 5.00 Å². The molecule has 1 saturated heterocycles. The first-order valence-electron chi connectivity index (χ1n) is 12.0. The van der Waals surface area contributed by atoms with Crippen LogP contribution >= 0.6 is 38.6 Å². The third-order valence-electron chi connectivity index (χ3n) is 5.93. The van der Waals surface area contributed by atoms with E-state index in [4.69, 9.17) is 4.74 Å². The summed E-state index contributed by atoms with van der Waals surface area (Å²) in [6.07, 6.45) is 0.895. The number of fused-ring (bicyclic) bond motifs is 1. The summed E-state index contributed by atoms with van der Waals surface area (Å²) in [6, 6.07) is 14.1. The molecule has 0 aliphatic carbocycles. The molecule has 5 rings (SSSR count). The fourth-order valence-corrected chi connectivity index (χ4v) is 7.91. The number of rotatable bonds is 7. The molecule has 1 fully saturated rings. The molecule has 1 aliphatic heterocycles. The number of ether oxygens (including phenoxy) is 1. The molecule has 208 valence electrons. The van der Waals surface area contributed by atoms with Gasteiger partial charge in [-0.25, -0.2) is 13.4 Å². The van der Waals surface area contributed by atoms with E-state index in [0.717, 1.165) is 25.5 Å². The van der Waals surface area contributed by atoms with Crippen LogP contribution in [0.4, 0.5) is 10.1 Å². The fraction of sp³-hybridized carbons (Fsp3) is 0.240. The van der Waals surface area contributed by atoms with Crippen molar-refractivity contribution in [3.05, 3.63) is 79.6 Å². The van der Waals surface area contributed by atoms with Crippen LogP contribution in [0.5, 0.6) is 0 Å². The lowest BCUT2D eigenvalue weighted by molar-refractivity contribution is -0.380. The highest BCUT2D eigenvalue weighted by Gasteiger charge is 2.32. The van der Waals surface area contributed by atoms with Gasteiger partial charge in [-0.05, 0) is 62.4 Å². The van der Waals surface area contributed by atoms with Crippen molar-refractivity contribution in [3.8, 4) is 0 Å². The number of sulfonamides is 1. The Morgan fingerprint density at radius 2 is 1.85 bits per heavy atom. The van der Waals surface area contributed by atoms with Gasteiger partial charge in [0.15, 0.2) is 0 Å². The van der Waals surface area contributed by atoms with Crippen molar-refractivity contribution in [3.63, 3.8) is 0 Å². The first-order chi connectivity index (χ1) is 19.0. The molecule has 3 heterocycles. The summed E-state index contributed by atoms with van der Waals surface area (Å²) in [7, 11) is -3.78. The third-order valence-corrected chi connectivity index (χ3v) is 10.2. The number of anilines is 1. The smallest absolute Gasteiger partial charge is 0.324 e. The number of morpholine rings is 1. The Hall–Kier alpha value is -3.08. The van der Waals surface area contributed by atoms with E-state index in [2.05, 4.69) is 26.0 Å². The number of hydrogen-bond acceptors (Lipinski definition) is 10. The number of carbonyl (C=O) groups excluding carboxylic acids is 1. The SMILES string of the molecule is CC1CN(S(=O)(=O)c2ccc(C(=O)N(/N=C/c3ccc([N+](=O)[O-])s3)c3nc4ccc(Br)cc4s3)cc2)CC(C)O1. The highest BCUT2D eigenvalue weighted by atomic mass is 79.9. The maximum absolute atomic E-state index is 13.7. The largest absolute Gasteiger partial charge is 0.373 e. The number of nitrogens with zero attached hydrogens (tertiary/aromatic N) is 5. The van der Waals surface area contributed by atoms with Crippen LogP contribution in [0.2, 0.25) is 0 Å². The average Bonchev–Trinajstić information content (AvgIpc) is 3.55. The van der Waals surface area contributed by atoms with Gasteiger partial charge in [0.25, 0.3) is 5.91 Å². The molecule has 0 saturated carbocycles. The summed E-state index contributed by atoms with van der Waals surface area (Å²) in [5, 5.41) is 16.7. The van der Waals surface area contributed by atoms with E-state index in [1.807, 2.05) is 26.0 Å². The second-order valence-electron chi connectivity index (χ2n) is 9.01. The second-order valence-corrected chi connectivity index (χ2v) is 14.0. The van der Waals surface area contributed by atoms with E-state index < -0.39 is 20.9 Å². The van der Waals surface area contributed by atoms with Gasteiger partial charge < -0.3 is 4.74 Å². The van der Waals surface area contributed by atoms with Crippen molar-refractivity contribution in [1.29, 1.82) is 0 Å². The number of halogens is 1. The van der Waals surface area contributed by atoms with Crippen molar-refractivity contribution in [2.75, 3.05) is 18.1 Å². The number of aromatic nitrogens is 1. The molecular formula is C25H22BrN5O6S3. The van der Waals surface area contributed by atoms with Gasteiger partial charge in [0, 0.05) is 29.2 Å². The number of benzene rings is 2. The predicted molar refractivity (Wildman–Crippen MR) is 158 cm³/mol. The Balaban J connectivity index is 1.46. The van der Waals surface area contributed by atoms with Crippen molar-refractivity contribution in [1.82, 2.24) is 9.29 Å².